The highest BCUT2D eigenvalue weighted by Crippen LogP contribution is 2.33. The van der Waals surface area contributed by atoms with Crippen LogP contribution in [0.25, 0.3) is 0 Å². The zero-order valence-corrected chi connectivity index (χ0v) is 12.4. The van der Waals surface area contributed by atoms with E-state index in [-0.39, 0.29) is 11.2 Å². The molecule has 0 spiro atoms. The van der Waals surface area contributed by atoms with Crippen molar-refractivity contribution in [3.05, 3.63) is 40.2 Å². The number of hydrogen-bond donors (Lipinski definition) is 1. The molecule has 0 saturated carbocycles. The van der Waals surface area contributed by atoms with Gasteiger partial charge in [0, 0.05) is 17.2 Å². The van der Waals surface area contributed by atoms with E-state index in [1.54, 1.807) is 11.8 Å². The SMILES string of the molecule is CC1(C)CCc2nc(C#CC3=CNCS3)ccc2C1=O. The zero-order valence-electron chi connectivity index (χ0n) is 11.6. The fraction of sp³-hybridized carbons (Fsp3) is 0.375. The summed E-state index contributed by atoms with van der Waals surface area (Å²) in [7, 11) is 0. The summed E-state index contributed by atoms with van der Waals surface area (Å²) >= 11 is 1.69. The Kier molecular flexibility index (Phi) is 3.31. The molecule has 0 aromatic carbocycles. The van der Waals surface area contributed by atoms with E-state index in [1.165, 1.54) is 0 Å². The molecule has 1 N–H and O–H groups in total. The van der Waals surface area contributed by atoms with Crippen molar-refractivity contribution in [1.29, 1.82) is 0 Å². The highest BCUT2D eigenvalue weighted by molar-refractivity contribution is 8.03. The monoisotopic (exact) mass is 284 g/mol. The second-order valence-corrected chi connectivity index (χ2v) is 6.67. The van der Waals surface area contributed by atoms with Crippen LogP contribution in [0.15, 0.2) is 23.2 Å². The molecule has 0 radical (unpaired) electrons. The Morgan fingerprint density at radius 3 is 2.95 bits per heavy atom. The number of fused-ring (bicyclic) bond motifs is 1. The quantitative estimate of drug-likeness (QED) is 0.744. The summed E-state index contributed by atoms with van der Waals surface area (Å²) in [5.41, 5.74) is 2.14. The number of Topliss-reactive ketones (excluding diaryl/α,β-unsaturated/α-hetero) is 1. The average Bonchev–Trinajstić information content (AvgIpc) is 2.94. The fourth-order valence-corrected chi connectivity index (χ4v) is 2.98. The van der Waals surface area contributed by atoms with Gasteiger partial charge in [-0.2, -0.15) is 0 Å². The maximum atomic E-state index is 12.3. The number of aromatic nitrogens is 1. The largest absolute Gasteiger partial charge is 0.380 e. The van der Waals surface area contributed by atoms with Gasteiger partial charge in [0.25, 0.3) is 0 Å². The van der Waals surface area contributed by atoms with Crippen molar-refractivity contribution in [2.24, 2.45) is 5.41 Å². The summed E-state index contributed by atoms with van der Waals surface area (Å²) in [5.74, 6) is 7.25. The van der Waals surface area contributed by atoms with Gasteiger partial charge in [0.05, 0.1) is 16.5 Å². The third kappa shape index (κ3) is 2.46. The van der Waals surface area contributed by atoms with E-state index in [4.69, 9.17) is 0 Å². The van der Waals surface area contributed by atoms with Crippen LogP contribution in [0, 0.1) is 17.3 Å². The van der Waals surface area contributed by atoms with Gasteiger partial charge in [-0.25, -0.2) is 4.98 Å². The first-order valence-electron chi connectivity index (χ1n) is 6.69. The van der Waals surface area contributed by atoms with Crippen LogP contribution in [-0.4, -0.2) is 16.6 Å². The summed E-state index contributed by atoms with van der Waals surface area (Å²) in [6, 6.07) is 3.72. The van der Waals surface area contributed by atoms with Crippen molar-refractivity contribution in [3.8, 4) is 11.8 Å². The Hall–Kier alpha value is -1.73. The molecule has 0 unspecified atom stereocenters. The molecule has 0 fully saturated rings. The molecule has 2 aliphatic rings. The van der Waals surface area contributed by atoms with Gasteiger partial charge < -0.3 is 5.32 Å². The number of thioether (sulfide) groups is 1. The molecule has 3 nitrogen and oxygen atoms in total. The van der Waals surface area contributed by atoms with E-state index in [0.717, 1.165) is 40.6 Å². The topological polar surface area (TPSA) is 42.0 Å². The number of hydrogen-bond acceptors (Lipinski definition) is 4. The predicted octanol–water partition coefficient (Wildman–Crippen LogP) is 2.72. The number of nitrogens with one attached hydrogen (secondary N) is 1. The number of allylic oxidation sites excluding steroid dienone is 1. The van der Waals surface area contributed by atoms with E-state index < -0.39 is 0 Å². The van der Waals surface area contributed by atoms with Gasteiger partial charge in [-0.05, 0) is 30.9 Å². The van der Waals surface area contributed by atoms with Crippen molar-refractivity contribution < 1.29 is 4.79 Å². The Bertz CT molecular complexity index is 665. The van der Waals surface area contributed by atoms with Crippen molar-refractivity contribution >= 4 is 17.5 Å². The van der Waals surface area contributed by atoms with Crippen LogP contribution in [0.2, 0.25) is 0 Å². The summed E-state index contributed by atoms with van der Waals surface area (Å²) < 4.78 is 0. The van der Waals surface area contributed by atoms with Gasteiger partial charge in [0.1, 0.15) is 5.69 Å². The lowest BCUT2D eigenvalue weighted by molar-refractivity contribution is 0.0809. The van der Waals surface area contributed by atoms with Crippen LogP contribution in [0.4, 0.5) is 0 Å². The number of carbonyl (C=O) groups is 1. The predicted molar refractivity (Wildman–Crippen MR) is 81.2 cm³/mol. The van der Waals surface area contributed by atoms with E-state index in [1.807, 2.05) is 32.2 Å². The average molecular weight is 284 g/mol. The first-order valence-corrected chi connectivity index (χ1v) is 7.68. The molecule has 4 heteroatoms. The molecule has 1 aliphatic carbocycles. The van der Waals surface area contributed by atoms with E-state index in [9.17, 15) is 4.79 Å². The van der Waals surface area contributed by atoms with Gasteiger partial charge in [-0.3, -0.25) is 4.79 Å². The Morgan fingerprint density at radius 2 is 2.20 bits per heavy atom. The molecule has 0 saturated heterocycles. The molecular formula is C16H16N2OS. The smallest absolute Gasteiger partial charge is 0.170 e. The Balaban J connectivity index is 1.89. The first kappa shape index (κ1) is 13.3. The zero-order chi connectivity index (χ0) is 14.2. The van der Waals surface area contributed by atoms with Gasteiger partial charge in [0.15, 0.2) is 5.78 Å². The molecule has 1 aromatic heterocycles. The van der Waals surface area contributed by atoms with Crippen LogP contribution >= 0.6 is 11.8 Å². The van der Waals surface area contributed by atoms with Crippen LogP contribution in [0.5, 0.6) is 0 Å². The molecule has 1 aromatic rings. The molecule has 1 aliphatic heterocycles. The highest BCUT2D eigenvalue weighted by Gasteiger charge is 2.34. The molecule has 0 bridgehead atoms. The standard InChI is InChI=1S/C16H16N2OS/c1-16(2)8-7-14-13(15(16)19)6-4-11(18-14)3-5-12-9-17-10-20-12/h4,6,9,17H,7-8,10H2,1-2H3. The summed E-state index contributed by atoms with van der Waals surface area (Å²) in [5, 5.41) is 3.11. The van der Waals surface area contributed by atoms with Gasteiger partial charge in [-0.1, -0.05) is 31.5 Å². The van der Waals surface area contributed by atoms with E-state index >= 15 is 0 Å². The van der Waals surface area contributed by atoms with Crippen molar-refractivity contribution in [1.82, 2.24) is 10.3 Å². The number of pyridine rings is 1. The molecule has 102 valence electrons. The molecule has 0 amide bonds. The van der Waals surface area contributed by atoms with E-state index in [0.29, 0.717) is 0 Å². The van der Waals surface area contributed by atoms with Gasteiger partial charge >= 0.3 is 0 Å². The number of nitrogens with zero attached hydrogens (tertiary/aromatic N) is 1. The maximum Gasteiger partial charge on any atom is 0.170 e. The summed E-state index contributed by atoms with van der Waals surface area (Å²) in [4.78, 5) is 17.9. The third-order valence-electron chi connectivity index (χ3n) is 3.68. The summed E-state index contributed by atoms with van der Waals surface area (Å²) in [6.07, 6.45) is 3.62. The third-order valence-corrected chi connectivity index (χ3v) is 4.52. The molecule has 2 heterocycles. The lowest BCUT2D eigenvalue weighted by Crippen LogP contribution is -2.31. The lowest BCUT2D eigenvalue weighted by atomic mass is 9.75. The van der Waals surface area contributed by atoms with Gasteiger partial charge in [-0.15, -0.1) is 0 Å². The minimum absolute atomic E-state index is 0.198. The van der Waals surface area contributed by atoms with E-state index in [2.05, 4.69) is 22.1 Å². The first-order chi connectivity index (χ1) is 9.56. The molecule has 3 rings (SSSR count). The molecule has 20 heavy (non-hydrogen) atoms. The fourth-order valence-electron chi connectivity index (χ4n) is 2.37. The highest BCUT2D eigenvalue weighted by atomic mass is 32.2. The van der Waals surface area contributed by atoms with Crippen molar-refractivity contribution in [2.75, 3.05) is 5.88 Å². The number of aryl methyl sites for hydroxylation is 1. The van der Waals surface area contributed by atoms with Crippen LogP contribution < -0.4 is 5.32 Å². The molecular weight excluding hydrogens is 268 g/mol. The Morgan fingerprint density at radius 1 is 1.35 bits per heavy atom. The van der Waals surface area contributed by atoms with Crippen LogP contribution in [0.1, 0.15) is 42.0 Å². The normalized spacial score (nSPS) is 19.5. The van der Waals surface area contributed by atoms with Crippen LogP contribution in [0.3, 0.4) is 0 Å². The molecule has 0 atom stereocenters. The Labute approximate surface area is 123 Å². The number of rotatable bonds is 0. The lowest BCUT2D eigenvalue weighted by Gasteiger charge is -2.28. The minimum atomic E-state index is -0.265. The van der Waals surface area contributed by atoms with Crippen molar-refractivity contribution in [2.45, 2.75) is 26.7 Å². The van der Waals surface area contributed by atoms with Crippen LogP contribution in [-0.2, 0) is 6.42 Å². The second-order valence-electron chi connectivity index (χ2n) is 5.66. The minimum Gasteiger partial charge on any atom is -0.380 e. The maximum absolute atomic E-state index is 12.3. The second kappa shape index (κ2) is 4.99. The summed E-state index contributed by atoms with van der Waals surface area (Å²) in [6.45, 7) is 4.01. The number of carbonyl (C=O) groups excluding carboxylic acids is 1. The number of ketones is 1. The van der Waals surface area contributed by atoms with Gasteiger partial charge in [0.2, 0.25) is 0 Å². The van der Waals surface area contributed by atoms with Crippen molar-refractivity contribution in [3.63, 3.8) is 0 Å².